The van der Waals surface area contributed by atoms with E-state index in [0.717, 1.165) is 39.2 Å². The summed E-state index contributed by atoms with van der Waals surface area (Å²) in [5, 5.41) is 16.3. The molecule has 0 bridgehead atoms. The van der Waals surface area contributed by atoms with Crippen molar-refractivity contribution in [2.45, 2.75) is 6.92 Å². The number of rotatable bonds is 6. The Balaban J connectivity index is 1.47. The average Bonchev–Trinajstić information content (AvgIpc) is 3.18. The number of fused-ring (bicyclic) bond motifs is 1. The molecule has 0 radical (unpaired) electrons. The van der Waals surface area contributed by atoms with Crippen LogP contribution in [0.25, 0.3) is 22.2 Å². The SMILES string of the molecule is CC(N)=N/N=C\c1ccc(Oc2ccc(-c3cc4cc(C(=N)N)ccc4[nH]3)cc2)cc1. The van der Waals surface area contributed by atoms with Gasteiger partial charge >= 0.3 is 0 Å². The second kappa shape index (κ2) is 8.54. The molecule has 0 saturated carbocycles. The van der Waals surface area contributed by atoms with E-state index >= 15 is 0 Å². The highest BCUT2D eigenvalue weighted by Gasteiger charge is 2.06. The minimum absolute atomic E-state index is 0.0608. The van der Waals surface area contributed by atoms with E-state index in [1.165, 1.54) is 0 Å². The molecular formula is C24H22N6O. The van der Waals surface area contributed by atoms with Crippen LogP contribution in [0, 0.1) is 5.41 Å². The Labute approximate surface area is 179 Å². The predicted octanol–water partition coefficient (Wildman–Crippen LogP) is 4.62. The van der Waals surface area contributed by atoms with Crippen LogP contribution in [0.1, 0.15) is 18.1 Å². The maximum absolute atomic E-state index is 7.59. The van der Waals surface area contributed by atoms with Gasteiger partial charge in [-0.2, -0.15) is 5.10 Å². The van der Waals surface area contributed by atoms with Gasteiger partial charge in [0, 0.05) is 22.2 Å². The van der Waals surface area contributed by atoms with E-state index in [4.69, 9.17) is 21.6 Å². The molecule has 0 aliphatic rings. The molecule has 7 heteroatoms. The summed E-state index contributed by atoms with van der Waals surface area (Å²) in [6.07, 6.45) is 1.63. The summed E-state index contributed by atoms with van der Waals surface area (Å²) in [5.74, 6) is 1.94. The quantitative estimate of drug-likeness (QED) is 0.210. The molecule has 7 nitrogen and oxygen atoms in total. The smallest absolute Gasteiger partial charge is 0.127 e. The lowest BCUT2D eigenvalue weighted by Gasteiger charge is -2.06. The second-order valence-corrected chi connectivity index (χ2v) is 7.08. The Morgan fingerprint density at radius 1 is 0.935 bits per heavy atom. The first kappa shape index (κ1) is 19.9. The fraction of sp³-hybridized carbons (Fsp3) is 0.0417. The van der Waals surface area contributed by atoms with Gasteiger partial charge in [0.25, 0.3) is 0 Å². The first-order valence-electron chi connectivity index (χ1n) is 9.66. The van der Waals surface area contributed by atoms with Gasteiger partial charge in [-0.05, 0) is 90.8 Å². The summed E-state index contributed by atoms with van der Waals surface area (Å²) in [5.41, 5.74) is 15.7. The average molecular weight is 410 g/mol. The lowest BCUT2D eigenvalue weighted by molar-refractivity contribution is 0.483. The van der Waals surface area contributed by atoms with Crippen LogP contribution in [0.2, 0.25) is 0 Å². The normalized spacial score (nSPS) is 11.8. The highest BCUT2D eigenvalue weighted by Crippen LogP contribution is 2.28. The van der Waals surface area contributed by atoms with Crippen LogP contribution in [-0.4, -0.2) is 22.9 Å². The van der Waals surface area contributed by atoms with Gasteiger partial charge in [-0.15, -0.1) is 5.10 Å². The van der Waals surface area contributed by atoms with Crippen LogP contribution in [0.4, 0.5) is 0 Å². The van der Waals surface area contributed by atoms with Gasteiger partial charge < -0.3 is 21.2 Å². The van der Waals surface area contributed by atoms with Gasteiger partial charge in [-0.3, -0.25) is 5.41 Å². The predicted molar refractivity (Wildman–Crippen MR) is 126 cm³/mol. The summed E-state index contributed by atoms with van der Waals surface area (Å²) in [6.45, 7) is 1.68. The van der Waals surface area contributed by atoms with Gasteiger partial charge in [-0.1, -0.05) is 0 Å². The Kier molecular flexibility index (Phi) is 5.49. The Bertz CT molecular complexity index is 1280. The number of nitrogens with zero attached hydrogens (tertiary/aromatic N) is 2. The van der Waals surface area contributed by atoms with Gasteiger partial charge in [-0.25, -0.2) is 0 Å². The highest BCUT2D eigenvalue weighted by molar-refractivity contribution is 5.99. The molecule has 0 amide bonds. The zero-order valence-corrected chi connectivity index (χ0v) is 17.0. The lowest BCUT2D eigenvalue weighted by Crippen LogP contribution is -2.10. The zero-order chi connectivity index (χ0) is 21.8. The molecule has 4 rings (SSSR count). The molecule has 0 aliphatic carbocycles. The number of nitrogens with two attached hydrogens (primary N) is 2. The minimum atomic E-state index is 0.0608. The summed E-state index contributed by atoms with van der Waals surface area (Å²) in [7, 11) is 0. The molecule has 3 aromatic carbocycles. The van der Waals surface area contributed by atoms with Gasteiger partial charge in [0.2, 0.25) is 0 Å². The molecule has 0 saturated heterocycles. The van der Waals surface area contributed by atoms with Crippen molar-refractivity contribution >= 4 is 28.8 Å². The lowest BCUT2D eigenvalue weighted by atomic mass is 10.1. The van der Waals surface area contributed by atoms with E-state index in [1.807, 2.05) is 72.8 Å². The minimum Gasteiger partial charge on any atom is -0.457 e. The maximum Gasteiger partial charge on any atom is 0.127 e. The maximum atomic E-state index is 7.59. The van der Waals surface area contributed by atoms with Crippen molar-refractivity contribution in [3.8, 4) is 22.8 Å². The van der Waals surface area contributed by atoms with Gasteiger partial charge in [0.1, 0.15) is 23.2 Å². The van der Waals surface area contributed by atoms with E-state index in [2.05, 4.69) is 15.2 Å². The molecule has 31 heavy (non-hydrogen) atoms. The molecule has 4 aromatic rings. The van der Waals surface area contributed by atoms with Crippen molar-refractivity contribution in [1.29, 1.82) is 5.41 Å². The molecule has 6 N–H and O–H groups in total. The molecule has 0 aliphatic heterocycles. The number of benzene rings is 3. The third-order valence-corrected chi connectivity index (χ3v) is 4.64. The second-order valence-electron chi connectivity index (χ2n) is 7.08. The van der Waals surface area contributed by atoms with Crippen LogP contribution in [0.15, 0.2) is 83.0 Å². The van der Waals surface area contributed by atoms with Crippen molar-refractivity contribution in [3.05, 3.63) is 83.9 Å². The monoisotopic (exact) mass is 410 g/mol. The van der Waals surface area contributed by atoms with Crippen LogP contribution in [0.3, 0.4) is 0 Å². The van der Waals surface area contributed by atoms with Crippen LogP contribution in [-0.2, 0) is 0 Å². The Hall–Kier alpha value is -4.39. The summed E-state index contributed by atoms with van der Waals surface area (Å²) in [4.78, 5) is 3.40. The standard InChI is InChI=1S/C24H22N6O/c1-15(25)30-28-14-16-2-7-20(8-3-16)31-21-9-4-17(5-10-21)23-13-19-12-18(24(26)27)6-11-22(19)29-23/h2-14,29H,1H3,(H2,25,30)(H3,26,27)/b28-14-. The Morgan fingerprint density at radius 2 is 1.61 bits per heavy atom. The van der Waals surface area contributed by atoms with Crippen molar-refractivity contribution in [3.63, 3.8) is 0 Å². The third kappa shape index (κ3) is 4.79. The molecule has 154 valence electrons. The topological polar surface area (TPSA) is 126 Å². The van der Waals surface area contributed by atoms with Crippen LogP contribution in [0.5, 0.6) is 11.5 Å². The zero-order valence-electron chi connectivity index (χ0n) is 17.0. The van der Waals surface area contributed by atoms with Crippen LogP contribution < -0.4 is 16.2 Å². The number of hydrogen-bond donors (Lipinski definition) is 4. The number of H-pyrrole nitrogens is 1. The van der Waals surface area contributed by atoms with Crippen LogP contribution >= 0.6 is 0 Å². The van der Waals surface area contributed by atoms with E-state index in [9.17, 15) is 0 Å². The Morgan fingerprint density at radius 3 is 2.26 bits per heavy atom. The number of amidine groups is 2. The van der Waals surface area contributed by atoms with E-state index in [1.54, 1.807) is 13.1 Å². The summed E-state index contributed by atoms with van der Waals surface area (Å²) in [6, 6.07) is 23.1. The van der Waals surface area contributed by atoms with E-state index in [0.29, 0.717) is 11.4 Å². The molecule has 0 atom stereocenters. The fourth-order valence-corrected chi connectivity index (χ4v) is 3.10. The summed E-state index contributed by atoms with van der Waals surface area (Å²) >= 11 is 0. The molecule has 1 aromatic heterocycles. The van der Waals surface area contributed by atoms with Gasteiger partial charge in [0.15, 0.2) is 0 Å². The van der Waals surface area contributed by atoms with Crippen molar-refractivity contribution < 1.29 is 4.74 Å². The highest BCUT2D eigenvalue weighted by atomic mass is 16.5. The number of aromatic nitrogens is 1. The fourth-order valence-electron chi connectivity index (χ4n) is 3.10. The van der Waals surface area contributed by atoms with E-state index in [-0.39, 0.29) is 5.84 Å². The molecule has 1 heterocycles. The number of aromatic amines is 1. The summed E-state index contributed by atoms with van der Waals surface area (Å²) < 4.78 is 5.93. The first-order valence-corrected chi connectivity index (χ1v) is 9.66. The molecule has 0 unspecified atom stereocenters. The number of ether oxygens (including phenoxy) is 1. The van der Waals surface area contributed by atoms with Gasteiger partial charge in [0.05, 0.1) is 6.21 Å². The largest absolute Gasteiger partial charge is 0.457 e. The van der Waals surface area contributed by atoms with Crippen molar-refractivity contribution in [2.24, 2.45) is 21.7 Å². The first-order chi connectivity index (χ1) is 15.0. The molecule has 0 fully saturated rings. The van der Waals surface area contributed by atoms with Crippen molar-refractivity contribution in [2.75, 3.05) is 0 Å². The third-order valence-electron chi connectivity index (χ3n) is 4.64. The molecular weight excluding hydrogens is 388 g/mol. The number of nitrogens with one attached hydrogen (secondary N) is 2. The number of nitrogen functional groups attached to an aromatic ring is 1. The molecule has 0 spiro atoms. The number of hydrogen-bond acceptors (Lipinski definition) is 4. The van der Waals surface area contributed by atoms with Crippen molar-refractivity contribution in [1.82, 2.24) is 4.98 Å². The van der Waals surface area contributed by atoms with E-state index < -0.39 is 0 Å².